The minimum Gasteiger partial charge on any atom is -0.508 e. The number of phenols is 1. The zero-order chi connectivity index (χ0) is 13.4. The van der Waals surface area contributed by atoms with Crippen LogP contribution >= 0.6 is 0 Å². The predicted octanol–water partition coefficient (Wildman–Crippen LogP) is 1.40. The van der Waals surface area contributed by atoms with E-state index in [1.54, 1.807) is 37.2 Å². The topological polar surface area (TPSA) is 63.9 Å². The van der Waals surface area contributed by atoms with Crippen LogP contribution in [0.5, 0.6) is 5.75 Å². The molecule has 1 fully saturated rings. The van der Waals surface area contributed by atoms with E-state index in [0.29, 0.717) is 18.4 Å². The van der Waals surface area contributed by atoms with Crippen molar-refractivity contribution in [2.24, 2.45) is 0 Å². The van der Waals surface area contributed by atoms with Crippen LogP contribution in [0.1, 0.15) is 31.2 Å². The van der Waals surface area contributed by atoms with Gasteiger partial charge in [-0.05, 0) is 57.5 Å². The lowest BCUT2D eigenvalue weighted by Crippen LogP contribution is -2.62. The summed E-state index contributed by atoms with van der Waals surface area (Å²) in [5.74, 6) is 0.104. The van der Waals surface area contributed by atoms with E-state index in [1.165, 1.54) is 6.07 Å². The molecule has 1 aromatic carbocycles. The van der Waals surface area contributed by atoms with Crippen LogP contribution in [0.4, 0.5) is 0 Å². The minimum atomic E-state index is -1.34. The molecule has 3 N–H and O–H groups in total. The normalized spacial score (nSPS) is 32.7. The average molecular weight is 251 g/mol. The third kappa shape index (κ3) is 1.90. The summed E-state index contributed by atoms with van der Waals surface area (Å²) < 4.78 is 0. The van der Waals surface area contributed by atoms with Gasteiger partial charge in [0, 0.05) is 0 Å². The average Bonchev–Trinajstić information content (AvgIpc) is 2.33. The quantitative estimate of drug-likeness (QED) is 0.695. The molecule has 0 aromatic heterocycles. The summed E-state index contributed by atoms with van der Waals surface area (Å²) >= 11 is 0. The molecule has 0 bridgehead atoms. The molecule has 1 saturated carbocycles. The van der Waals surface area contributed by atoms with Crippen LogP contribution in [0.15, 0.2) is 24.3 Å². The third-order valence-corrected chi connectivity index (χ3v) is 4.04. The second-order valence-corrected chi connectivity index (χ2v) is 5.33. The van der Waals surface area contributed by atoms with Crippen molar-refractivity contribution in [1.82, 2.24) is 4.90 Å². The molecule has 0 radical (unpaired) electrons. The predicted molar refractivity (Wildman–Crippen MR) is 69.1 cm³/mol. The molecule has 0 amide bonds. The third-order valence-electron chi connectivity index (χ3n) is 4.04. The van der Waals surface area contributed by atoms with E-state index in [2.05, 4.69) is 0 Å². The molecule has 0 heterocycles. The van der Waals surface area contributed by atoms with Crippen molar-refractivity contribution in [2.45, 2.75) is 37.0 Å². The highest BCUT2D eigenvalue weighted by Crippen LogP contribution is 2.46. The van der Waals surface area contributed by atoms with Gasteiger partial charge in [-0.1, -0.05) is 12.1 Å². The van der Waals surface area contributed by atoms with E-state index in [9.17, 15) is 15.3 Å². The Hall–Kier alpha value is -1.10. The van der Waals surface area contributed by atoms with Gasteiger partial charge in [-0.15, -0.1) is 0 Å². The number of hydrogen-bond donors (Lipinski definition) is 3. The molecule has 4 nitrogen and oxygen atoms in total. The van der Waals surface area contributed by atoms with Crippen molar-refractivity contribution < 1.29 is 15.3 Å². The zero-order valence-corrected chi connectivity index (χ0v) is 10.9. The molecule has 0 unspecified atom stereocenters. The van der Waals surface area contributed by atoms with Crippen LogP contribution in [0.3, 0.4) is 0 Å². The maximum atomic E-state index is 11.0. The monoisotopic (exact) mass is 251 g/mol. The van der Waals surface area contributed by atoms with Crippen LogP contribution in [-0.4, -0.2) is 40.0 Å². The number of likely N-dealkylation sites (N-methyl/N-ethyl adjacent to an activating group) is 1. The molecule has 100 valence electrons. The van der Waals surface area contributed by atoms with Crippen LogP contribution in [0.2, 0.25) is 0 Å². The number of nitrogens with zero attached hydrogens (tertiary/aromatic N) is 1. The lowest BCUT2D eigenvalue weighted by atomic mass is 9.72. The minimum absolute atomic E-state index is 0.104. The van der Waals surface area contributed by atoms with Gasteiger partial charge in [0.2, 0.25) is 0 Å². The molecule has 18 heavy (non-hydrogen) atoms. The second kappa shape index (κ2) is 4.53. The van der Waals surface area contributed by atoms with Gasteiger partial charge in [-0.2, -0.15) is 0 Å². The SMILES string of the molecule is CN(C)[C@]1(O)CCCC[C@@]1(O)c1cccc(O)c1. The fourth-order valence-corrected chi connectivity index (χ4v) is 2.89. The first kappa shape index (κ1) is 13.3. The maximum Gasteiger partial charge on any atom is 0.151 e. The second-order valence-electron chi connectivity index (χ2n) is 5.33. The van der Waals surface area contributed by atoms with Gasteiger partial charge >= 0.3 is 0 Å². The van der Waals surface area contributed by atoms with E-state index in [0.717, 1.165) is 12.8 Å². The Morgan fingerprint density at radius 3 is 2.39 bits per heavy atom. The van der Waals surface area contributed by atoms with E-state index >= 15 is 0 Å². The Morgan fingerprint density at radius 1 is 1.11 bits per heavy atom. The first-order chi connectivity index (χ1) is 8.40. The fraction of sp³-hybridized carbons (Fsp3) is 0.571. The summed E-state index contributed by atoms with van der Waals surface area (Å²) in [6.45, 7) is 0. The van der Waals surface area contributed by atoms with Gasteiger partial charge in [0.25, 0.3) is 0 Å². The largest absolute Gasteiger partial charge is 0.508 e. The fourth-order valence-electron chi connectivity index (χ4n) is 2.89. The van der Waals surface area contributed by atoms with E-state index in [-0.39, 0.29) is 5.75 Å². The summed E-state index contributed by atoms with van der Waals surface area (Å²) in [5, 5.41) is 31.3. The Bertz CT molecular complexity index is 435. The van der Waals surface area contributed by atoms with Gasteiger partial charge in [0.05, 0.1) is 0 Å². The molecule has 1 aliphatic carbocycles. The summed E-state index contributed by atoms with van der Waals surface area (Å²) in [7, 11) is 3.53. The maximum absolute atomic E-state index is 11.0. The van der Waals surface area contributed by atoms with Crippen LogP contribution < -0.4 is 0 Å². The number of aliphatic hydroxyl groups is 2. The van der Waals surface area contributed by atoms with Crippen LogP contribution in [0.25, 0.3) is 0 Å². The summed E-state index contributed by atoms with van der Waals surface area (Å²) in [4.78, 5) is 1.66. The molecule has 2 atom stereocenters. The van der Waals surface area contributed by atoms with Gasteiger partial charge in [0.15, 0.2) is 5.72 Å². The molecule has 0 aliphatic heterocycles. The van der Waals surface area contributed by atoms with Crippen molar-refractivity contribution in [1.29, 1.82) is 0 Å². The standard InChI is InChI=1S/C14H21NO3/c1-15(2)14(18)9-4-3-8-13(14,17)11-6-5-7-12(16)10-11/h5-7,10,16-18H,3-4,8-9H2,1-2H3/t13-,14+/m1/s1. The van der Waals surface area contributed by atoms with Crippen LogP contribution in [-0.2, 0) is 5.60 Å². The number of rotatable bonds is 2. The Morgan fingerprint density at radius 2 is 1.78 bits per heavy atom. The summed E-state index contributed by atoms with van der Waals surface area (Å²) in [5.41, 5.74) is -2.06. The highest BCUT2D eigenvalue weighted by molar-refractivity contribution is 5.33. The zero-order valence-electron chi connectivity index (χ0n) is 10.9. The van der Waals surface area contributed by atoms with E-state index < -0.39 is 11.3 Å². The lowest BCUT2D eigenvalue weighted by molar-refractivity contribution is -0.246. The molecule has 1 aromatic rings. The van der Waals surface area contributed by atoms with Crippen molar-refractivity contribution >= 4 is 0 Å². The van der Waals surface area contributed by atoms with Crippen molar-refractivity contribution in [3.05, 3.63) is 29.8 Å². The van der Waals surface area contributed by atoms with Gasteiger partial charge in [-0.3, -0.25) is 4.90 Å². The first-order valence-corrected chi connectivity index (χ1v) is 6.32. The highest BCUT2D eigenvalue weighted by atomic mass is 16.4. The van der Waals surface area contributed by atoms with Crippen LogP contribution in [0, 0.1) is 0 Å². The molecule has 0 spiro atoms. The summed E-state index contributed by atoms with van der Waals surface area (Å²) in [6.07, 6.45) is 2.76. The van der Waals surface area contributed by atoms with Gasteiger partial charge < -0.3 is 15.3 Å². The lowest BCUT2D eigenvalue weighted by Gasteiger charge is -2.50. The molecular formula is C14H21NO3. The number of phenolic OH excluding ortho intramolecular Hbond substituents is 1. The van der Waals surface area contributed by atoms with E-state index in [4.69, 9.17) is 0 Å². The Labute approximate surface area is 107 Å². The van der Waals surface area contributed by atoms with Crippen molar-refractivity contribution in [3.63, 3.8) is 0 Å². The molecular weight excluding hydrogens is 230 g/mol. The van der Waals surface area contributed by atoms with Gasteiger partial charge in [-0.25, -0.2) is 0 Å². The molecule has 1 aliphatic rings. The molecule has 4 heteroatoms. The number of aromatic hydroxyl groups is 1. The van der Waals surface area contributed by atoms with Crippen molar-refractivity contribution in [2.75, 3.05) is 14.1 Å². The first-order valence-electron chi connectivity index (χ1n) is 6.32. The molecule has 0 saturated heterocycles. The Kier molecular flexibility index (Phi) is 3.36. The number of benzene rings is 1. The van der Waals surface area contributed by atoms with E-state index in [1.807, 2.05) is 0 Å². The smallest absolute Gasteiger partial charge is 0.151 e. The Balaban J connectivity index is 2.49. The molecule has 2 rings (SSSR count). The summed E-state index contributed by atoms with van der Waals surface area (Å²) in [6, 6.07) is 6.52. The highest BCUT2D eigenvalue weighted by Gasteiger charge is 2.53. The van der Waals surface area contributed by atoms with Gasteiger partial charge in [0.1, 0.15) is 11.4 Å². The van der Waals surface area contributed by atoms with Crippen molar-refractivity contribution in [3.8, 4) is 5.75 Å². The number of hydrogen-bond acceptors (Lipinski definition) is 4.